The summed E-state index contributed by atoms with van der Waals surface area (Å²) in [6.07, 6.45) is 1.10. The number of para-hydroxylation sites is 1. The van der Waals surface area contributed by atoms with E-state index in [1.54, 1.807) is 31.4 Å². The summed E-state index contributed by atoms with van der Waals surface area (Å²) in [4.78, 5) is 12.5. The summed E-state index contributed by atoms with van der Waals surface area (Å²) in [5.41, 5.74) is -2.41. The molecule has 0 aromatic heterocycles. The van der Waals surface area contributed by atoms with Crippen LogP contribution in [0.4, 0.5) is 0 Å². The highest BCUT2D eigenvalue weighted by molar-refractivity contribution is 5.83. The summed E-state index contributed by atoms with van der Waals surface area (Å²) >= 11 is 0. The van der Waals surface area contributed by atoms with Crippen LogP contribution in [-0.4, -0.2) is 30.4 Å². The van der Waals surface area contributed by atoms with Crippen LogP contribution in [0.25, 0.3) is 0 Å². The van der Waals surface area contributed by atoms with Gasteiger partial charge in [0.05, 0.1) is 6.61 Å². The molecule has 0 amide bonds. The minimum Gasteiger partial charge on any atom is -0.424 e. The van der Waals surface area contributed by atoms with Gasteiger partial charge in [-0.25, -0.2) is 4.79 Å². The molecule has 1 N–H and O–H groups in total. The van der Waals surface area contributed by atoms with E-state index < -0.39 is 17.0 Å². The lowest BCUT2D eigenvalue weighted by Crippen LogP contribution is -2.55. The second kappa shape index (κ2) is 5.43. The summed E-state index contributed by atoms with van der Waals surface area (Å²) in [6.45, 7) is 6.36. The topological polar surface area (TPSA) is 55.8 Å². The molecule has 0 saturated heterocycles. The van der Waals surface area contributed by atoms with Crippen molar-refractivity contribution in [3.63, 3.8) is 0 Å². The molecule has 0 unspecified atom stereocenters. The first-order chi connectivity index (χ1) is 9.77. The second-order valence-corrected chi connectivity index (χ2v) is 6.68. The van der Waals surface area contributed by atoms with Crippen molar-refractivity contribution in [2.24, 2.45) is 10.8 Å². The Balaban J connectivity index is 2.24. The molecule has 1 aliphatic carbocycles. The van der Waals surface area contributed by atoms with E-state index in [0.717, 1.165) is 0 Å². The molecule has 21 heavy (non-hydrogen) atoms. The van der Waals surface area contributed by atoms with E-state index in [1.807, 2.05) is 26.8 Å². The van der Waals surface area contributed by atoms with Crippen LogP contribution >= 0.6 is 0 Å². The normalized spacial score (nSPS) is 31.1. The number of carbonyl (C=O) groups is 1. The van der Waals surface area contributed by atoms with E-state index >= 15 is 0 Å². The summed E-state index contributed by atoms with van der Waals surface area (Å²) in [5, 5.41) is 11.0. The molecule has 1 aromatic carbocycles. The van der Waals surface area contributed by atoms with Gasteiger partial charge in [-0.1, -0.05) is 39.0 Å². The number of rotatable bonds is 4. The lowest BCUT2D eigenvalue weighted by molar-refractivity contribution is -0.173. The average Bonchev–Trinajstić information content (AvgIpc) is 2.62. The van der Waals surface area contributed by atoms with Gasteiger partial charge < -0.3 is 14.6 Å². The third-order valence-electron chi connectivity index (χ3n) is 5.34. The predicted octanol–water partition coefficient (Wildman–Crippen LogP) is 2.80. The lowest BCUT2D eigenvalue weighted by atomic mass is 9.64. The van der Waals surface area contributed by atoms with Crippen LogP contribution in [0.5, 0.6) is 5.75 Å². The first-order valence-electron chi connectivity index (χ1n) is 7.25. The standard InChI is InChI=1S/C17H24O4/c1-15(2)16(3,12-20-4)10-11-17(15,19)14(18)21-13-8-6-5-7-9-13/h5-9,19H,10-12H2,1-4H3/t16-,17+/m0/s1. The fourth-order valence-electron chi connectivity index (χ4n) is 3.19. The Morgan fingerprint density at radius 1 is 1.19 bits per heavy atom. The van der Waals surface area contributed by atoms with Crippen molar-refractivity contribution in [2.75, 3.05) is 13.7 Å². The van der Waals surface area contributed by atoms with Crippen LogP contribution in [0, 0.1) is 10.8 Å². The van der Waals surface area contributed by atoms with Gasteiger partial charge in [-0.3, -0.25) is 0 Å². The molecule has 0 bridgehead atoms. The minimum absolute atomic E-state index is 0.272. The summed E-state index contributed by atoms with van der Waals surface area (Å²) in [5.74, 6) is -0.134. The number of esters is 1. The average molecular weight is 292 g/mol. The molecule has 0 spiro atoms. The van der Waals surface area contributed by atoms with Gasteiger partial charge >= 0.3 is 5.97 Å². The predicted molar refractivity (Wildman–Crippen MR) is 80.0 cm³/mol. The fraction of sp³-hybridized carbons (Fsp3) is 0.588. The number of carbonyl (C=O) groups excluding carboxylic acids is 1. The van der Waals surface area contributed by atoms with E-state index in [0.29, 0.717) is 25.2 Å². The van der Waals surface area contributed by atoms with Crippen LogP contribution in [0.2, 0.25) is 0 Å². The fourth-order valence-corrected chi connectivity index (χ4v) is 3.19. The Labute approximate surface area is 126 Å². The van der Waals surface area contributed by atoms with Gasteiger partial charge in [-0.15, -0.1) is 0 Å². The number of methoxy groups -OCH3 is 1. The van der Waals surface area contributed by atoms with E-state index in [4.69, 9.17) is 9.47 Å². The van der Waals surface area contributed by atoms with Gasteiger partial charge in [0.25, 0.3) is 0 Å². The maximum atomic E-state index is 12.5. The molecule has 0 aliphatic heterocycles. The Morgan fingerprint density at radius 2 is 1.81 bits per heavy atom. The van der Waals surface area contributed by atoms with Crippen LogP contribution in [-0.2, 0) is 9.53 Å². The van der Waals surface area contributed by atoms with Gasteiger partial charge in [0.2, 0.25) is 0 Å². The van der Waals surface area contributed by atoms with E-state index in [9.17, 15) is 9.90 Å². The maximum absolute atomic E-state index is 12.5. The van der Waals surface area contributed by atoms with Crippen molar-refractivity contribution < 1.29 is 19.4 Å². The molecular formula is C17H24O4. The van der Waals surface area contributed by atoms with Gasteiger partial charge in [-0.05, 0) is 30.4 Å². The highest BCUT2D eigenvalue weighted by Crippen LogP contribution is 2.58. The van der Waals surface area contributed by atoms with E-state index in [-0.39, 0.29) is 5.41 Å². The SMILES string of the molecule is COC[C@]1(C)CC[C@@](O)(C(=O)Oc2ccccc2)C1(C)C. The first-order valence-corrected chi connectivity index (χ1v) is 7.25. The molecule has 1 aromatic rings. The monoisotopic (exact) mass is 292 g/mol. The van der Waals surface area contributed by atoms with Crippen LogP contribution in [0.3, 0.4) is 0 Å². The van der Waals surface area contributed by atoms with Crippen molar-refractivity contribution in [3.8, 4) is 5.75 Å². The highest BCUT2D eigenvalue weighted by atomic mass is 16.6. The number of hydrogen-bond donors (Lipinski definition) is 1. The highest BCUT2D eigenvalue weighted by Gasteiger charge is 2.64. The molecular weight excluding hydrogens is 268 g/mol. The largest absolute Gasteiger partial charge is 0.424 e. The molecule has 4 heteroatoms. The van der Waals surface area contributed by atoms with Crippen molar-refractivity contribution in [3.05, 3.63) is 30.3 Å². The Kier molecular flexibility index (Phi) is 4.13. The van der Waals surface area contributed by atoms with Gasteiger partial charge in [0.15, 0.2) is 5.60 Å². The molecule has 1 saturated carbocycles. The Hall–Kier alpha value is -1.39. The van der Waals surface area contributed by atoms with Crippen LogP contribution in [0.1, 0.15) is 33.6 Å². The molecule has 1 fully saturated rings. The second-order valence-electron chi connectivity index (χ2n) is 6.68. The van der Waals surface area contributed by atoms with Gasteiger partial charge in [0.1, 0.15) is 5.75 Å². The summed E-state index contributed by atoms with van der Waals surface area (Å²) in [7, 11) is 1.64. The van der Waals surface area contributed by atoms with Crippen LogP contribution < -0.4 is 4.74 Å². The Morgan fingerprint density at radius 3 is 2.38 bits per heavy atom. The molecule has 2 atom stereocenters. The molecule has 0 heterocycles. The van der Waals surface area contributed by atoms with E-state index in [2.05, 4.69) is 0 Å². The zero-order valence-corrected chi connectivity index (χ0v) is 13.2. The minimum atomic E-state index is -1.50. The van der Waals surface area contributed by atoms with Gasteiger partial charge in [-0.2, -0.15) is 0 Å². The summed E-state index contributed by atoms with van der Waals surface area (Å²) in [6, 6.07) is 8.85. The zero-order chi connectivity index (χ0) is 15.7. The first kappa shape index (κ1) is 16.0. The number of benzene rings is 1. The molecule has 116 valence electrons. The van der Waals surface area contributed by atoms with Crippen molar-refractivity contribution >= 4 is 5.97 Å². The van der Waals surface area contributed by atoms with Crippen molar-refractivity contribution in [1.29, 1.82) is 0 Å². The third-order valence-corrected chi connectivity index (χ3v) is 5.34. The number of aliphatic hydroxyl groups is 1. The number of hydrogen-bond acceptors (Lipinski definition) is 4. The molecule has 4 nitrogen and oxygen atoms in total. The van der Waals surface area contributed by atoms with Crippen molar-refractivity contribution in [2.45, 2.75) is 39.2 Å². The van der Waals surface area contributed by atoms with E-state index in [1.165, 1.54) is 0 Å². The Bertz CT molecular complexity index is 511. The number of ether oxygens (including phenoxy) is 2. The molecule has 1 aliphatic rings. The zero-order valence-electron chi connectivity index (χ0n) is 13.2. The molecule has 2 rings (SSSR count). The smallest absolute Gasteiger partial charge is 0.344 e. The third kappa shape index (κ3) is 2.47. The van der Waals surface area contributed by atoms with Gasteiger partial charge in [0, 0.05) is 12.5 Å². The molecule has 0 radical (unpaired) electrons. The van der Waals surface area contributed by atoms with Crippen LogP contribution in [0.15, 0.2) is 30.3 Å². The maximum Gasteiger partial charge on any atom is 0.344 e. The summed E-state index contributed by atoms with van der Waals surface area (Å²) < 4.78 is 10.7. The van der Waals surface area contributed by atoms with Crippen molar-refractivity contribution in [1.82, 2.24) is 0 Å². The lowest BCUT2D eigenvalue weighted by Gasteiger charge is -2.44. The quantitative estimate of drug-likeness (QED) is 0.685.